The summed E-state index contributed by atoms with van der Waals surface area (Å²) < 4.78 is 38.1. The number of benzene rings is 1. The highest BCUT2D eigenvalue weighted by atomic mass is 79.9. The van der Waals surface area contributed by atoms with Crippen LogP contribution in [0.1, 0.15) is 28.8 Å². The van der Waals surface area contributed by atoms with E-state index in [1.165, 1.54) is 12.1 Å². The van der Waals surface area contributed by atoms with Gasteiger partial charge in [0.15, 0.2) is 0 Å². The topological polar surface area (TPSA) is 49.3 Å². The summed E-state index contributed by atoms with van der Waals surface area (Å²) >= 11 is 2.82. The van der Waals surface area contributed by atoms with Crippen LogP contribution in [0.15, 0.2) is 22.7 Å². The monoisotopic (exact) mass is 351 g/mol. The fourth-order valence-corrected chi connectivity index (χ4v) is 2.29. The van der Waals surface area contributed by atoms with Crippen LogP contribution >= 0.6 is 15.9 Å². The van der Waals surface area contributed by atoms with Gasteiger partial charge in [-0.1, -0.05) is 15.9 Å². The van der Waals surface area contributed by atoms with Gasteiger partial charge in [0.05, 0.1) is 12.2 Å². The minimum absolute atomic E-state index is 0.0264. The highest BCUT2D eigenvalue weighted by molar-refractivity contribution is 9.10. The van der Waals surface area contributed by atoms with Gasteiger partial charge in [0.2, 0.25) is 0 Å². The fraction of sp³-hybridized carbons (Fsp3) is 0.462. The Morgan fingerprint density at radius 1 is 1.40 bits per heavy atom. The van der Waals surface area contributed by atoms with Crippen molar-refractivity contribution in [2.75, 3.05) is 13.2 Å². The number of carbonyl (C=O) groups is 1. The number of nitrogens with one attached hydrogen (secondary N) is 1. The maximum atomic E-state index is 12.7. The van der Waals surface area contributed by atoms with Crippen molar-refractivity contribution in [2.45, 2.75) is 19.0 Å². The highest BCUT2D eigenvalue weighted by Gasteiger charge is 2.42. The van der Waals surface area contributed by atoms with Crippen molar-refractivity contribution in [3.05, 3.63) is 33.8 Å². The molecule has 0 spiro atoms. The molecule has 2 N–H and O–H groups in total. The number of aliphatic hydroxyl groups is 1. The van der Waals surface area contributed by atoms with Gasteiger partial charge < -0.3 is 10.4 Å². The third-order valence-electron chi connectivity index (χ3n) is 3.45. The number of amides is 1. The predicted octanol–water partition coefficient (Wildman–Crippen LogP) is 2.97. The zero-order chi connectivity index (χ0) is 15.0. The summed E-state index contributed by atoms with van der Waals surface area (Å²) in [6, 6.07) is 3.35. The molecule has 2 rings (SSSR count). The van der Waals surface area contributed by atoms with Crippen molar-refractivity contribution in [1.29, 1.82) is 0 Å². The minimum atomic E-state index is -4.52. The van der Waals surface area contributed by atoms with Gasteiger partial charge in [-0.3, -0.25) is 4.79 Å². The van der Waals surface area contributed by atoms with Crippen LogP contribution in [0.5, 0.6) is 0 Å². The smallest absolute Gasteiger partial charge is 0.396 e. The molecule has 1 aromatic carbocycles. The summed E-state index contributed by atoms with van der Waals surface area (Å²) in [6.07, 6.45) is -2.88. The second-order valence-corrected chi connectivity index (χ2v) is 5.89. The Labute approximate surface area is 122 Å². The lowest BCUT2D eigenvalue weighted by Gasteiger charge is -2.14. The molecule has 7 heteroatoms. The molecule has 1 fully saturated rings. The maximum Gasteiger partial charge on any atom is 0.417 e. The molecule has 0 unspecified atom stereocenters. The van der Waals surface area contributed by atoms with Gasteiger partial charge in [-0.05, 0) is 31.0 Å². The number of alkyl halides is 3. The summed E-state index contributed by atoms with van der Waals surface area (Å²) in [7, 11) is 0. The van der Waals surface area contributed by atoms with Gasteiger partial charge >= 0.3 is 6.18 Å². The Morgan fingerprint density at radius 3 is 2.55 bits per heavy atom. The molecule has 1 aliphatic carbocycles. The van der Waals surface area contributed by atoms with E-state index >= 15 is 0 Å². The van der Waals surface area contributed by atoms with Gasteiger partial charge in [-0.25, -0.2) is 0 Å². The van der Waals surface area contributed by atoms with Gasteiger partial charge in [0.1, 0.15) is 0 Å². The molecule has 3 nitrogen and oxygen atoms in total. The first-order chi connectivity index (χ1) is 9.27. The van der Waals surface area contributed by atoms with E-state index in [1.54, 1.807) is 0 Å². The van der Waals surface area contributed by atoms with Crippen LogP contribution in [0, 0.1) is 5.41 Å². The highest BCUT2D eigenvalue weighted by Crippen LogP contribution is 2.44. The number of carbonyl (C=O) groups excluding carboxylic acids is 1. The Morgan fingerprint density at radius 2 is 2.05 bits per heavy atom. The molecule has 110 valence electrons. The Kier molecular flexibility index (Phi) is 4.11. The predicted molar refractivity (Wildman–Crippen MR) is 70.2 cm³/mol. The first-order valence-corrected chi connectivity index (χ1v) is 6.83. The lowest BCUT2D eigenvalue weighted by molar-refractivity contribution is -0.138. The van der Waals surface area contributed by atoms with Crippen LogP contribution in [0.25, 0.3) is 0 Å². The second kappa shape index (κ2) is 5.37. The molecule has 0 saturated heterocycles. The molecule has 0 aromatic heterocycles. The number of rotatable bonds is 4. The second-order valence-electron chi connectivity index (χ2n) is 5.03. The van der Waals surface area contributed by atoms with Crippen LogP contribution in [0.2, 0.25) is 0 Å². The van der Waals surface area contributed by atoms with Gasteiger partial charge in [0, 0.05) is 22.0 Å². The van der Waals surface area contributed by atoms with Crippen molar-refractivity contribution in [3.8, 4) is 0 Å². The average molecular weight is 352 g/mol. The van der Waals surface area contributed by atoms with E-state index in [9.17, 15) is 18.0 Å². The standard InChI is InChI=1S/C13H13BrF3NO2/c14-10-2-1-8(5-9(10)13(15,16)17)11(20)18-6-12(7-19)3-4-12/h1-2,5,19H,3-4,6-7H2,(H,18,20). The van der Waals surface area contributed by atoms with Gasteiger partial charge in [-0.2, -0.15) is 13.2 Å². The molecule has 1 aliphatic rings. The van der Waals surface area contributed by atoms with E-state index in [2.05, 4.69) is 21.2 Å². The molecular weight excluding hydrogens is 339 g/mol. The van der Waals surface area contributed by atoms with E-state index < -0.39 is 17.6 Å². The molecule has 1 amide bonds. The van der Waals surface area contributed by atoms with E-state index in [4.69, 9.17) is 5.11 Å². The molecule has 0 atom stereocenters. The third-order valence-corrected chi connectivity index (χ3v) is 4.14. The summed E-state index contributed by atoms with van der Waals surface area (Å²) in [5.41, 5.74) is -1.21. The quantitative estimate of drug-likeness (QED) is 0.876. The Hall–Kier alpha value is -1.08. The van der Waals surface area contributed by atoms with Crippen LogP contribution < -0.4 is 5.32 Å². The summed E-state index contributed by atoms with van der Waals surface area (Å²) in [4.78, 5) is 11.9. The van der Waals surface area contributed by atoms with Crippen LogP contribution in [0.4, 0.5) is 13.2 Å². The number of hydrogen-bond donors (Lipinski definition) is 2. The molecule has 0 bridgehead atoms. The van der Waals surface area contributed by atoms with Crippen LogP contribution in [0.3, 0.4) is 0 Å². The SMILES string of the molecule is O=C(NCC1(CO)CC1)c1ccc(Br)c(C(F)(F)F)c1. The van der Waals surface area contributed by atoms with Gasteiger partial charge in [0.25, 0.3) is 5.91 Å². The molecule has 0 radical (unpaired) electrons. The normalized spacial score (nSPS) is 16.9. The van der Waals surface area contributed by atoms with Crippen LogP contribution in [-0.4, -0.2) is 24.2 Å². The summed E-state index contributed by atoms with van der Waals surface area (Å²) in [5.74, 6) is -0.567. The molecule has 20 heavy (non-hydrogen) atoms. The van der Waals surface area contributed by atoms with Crippen molar-refractivity contribution in [2.24, 2.45) is 5.41 Å². The number of halogens is 4. The first-order valence-electron chi connectivity index (χ1n) is 6.03. The van der Waals surface area contributed by atoms with Crippen molar-refractivity contribution < 1.29 is 23.1 Å². The van der Waals surface area contributed by atoms with E-state index in [-0.39, 0.29) is 28.6 Å². The zero-order valence-electron chi connectivity index (χ0n) is 10.4. The first kappa shape index (κ1) is 15.3. The summed E-state index contributed by atoms with van der Waals surface area (Å²) in [5, 5.41) is 11.7. The maximum absolute atomic E-state index is 12.7. The average Bonchev–Trinajstić information content (AvgIpc) is 3.16. The molecule has 1 saturated carbocycles. The fourth-order valence-electron chi connectivity index (χ4n) is 1.82. The molecule has 0 heterocycles. The molecule has 0 aliphatic heterocycles. The van der Waals surface area contributed by atoms with E-state index in [0.29, 0.717) is 0 Å². The summed E-state index contributed by atoms with van der Waals surface area (Å²) in [6.45, 7) is 0.251. The zero-order valence-corrected chi connectivity index (χ0v) is 12.0. The molecular formula is C13H13BrF3NO2. The van der Waals surface area contributed by atoms with Crippen molar-refractivity contribution >= 4 is 21.8 Å². The number of hydrogen-bond acceptors (Lipinski definition) is 2. The van der Waals surface area contributed by atoms with E-state index in [1.807, 2.05) is 0 Å². The van der Waals surface area contributed by atoms with Crippen LogP contribution in [-0.2, 0) is 6.18 Å². The number of aliphatic hydroxyl groups excluding tert-OH is 1. The lowest BCUT2D eigenvalue weighted by atomic mass is 10.1. The lowest BCUT2D eigenvalue weighted by Crippen LogP contribution is -2.32. The Bertz CT molecular complexity index is 527. The Balaban J connectivity index is 2.10. The largest absolute Gasteiger partial charge is 0.417 e. The third kappa shape index (κ3) is 3.32. The van der Waals surface area contributed by atoms with Crippen molar-refractivity contribution in [1.82, 2.24) is 5.32 Å². The van der Waals surface area contributed by atoms with Crippen molar-refractivity contribution in [3.63, 3.8) is 0 Å². The van der Waals surface area contributed by atoms with Gasteiger partial charge in [-0.15, -0.1) is 0 Å². The van der Waals surface area contributed by atoms with E-state index in [0.717, 1.165) is 18.9 Å². The molecule has 1 aromatic rings. The minimum Gasteiger partial charge on any atom is -0.396 e.